The van der Waals surface area contributed by atoms with Gasteiger partial charge >= 0.3 is 0 Å². The number of aromatic nitrogens is 2. The number of benzene rings is 2. The Morgan fingerprint density at radius 1 is 1.05 bits per heavy atom. The maximum Gasteiger partial charge on any atom is 0.201 e. The molecule has 0 spiro atoms. The molecule has 0 saturated carbocycles. The second kappa shape index (κ2) is 17.9. The molecule has 0 unspecified atom stereocenters. The van der Waals surface area contributed by atoms with Crippen LogP contribution in [0.2, 0.25) is 0 Å². The van der Waals surface area contributed by atoms with Crippen LogP contribution in [0.15, 0.2) is 48.5 Å². The molecule has 0 bridgehead atoms. The van der Waals surface area contributed by atoms with Gasteiger partial charge in [0.1, 0.15) is 5.75 Å². The van der Waals surface area contributed by atoms with Crippen LogP contribution in [0, 0.1) is 0 Å². The summed E-state index contributed by atoms with van der Waals surface area (Å²) >= 11 is 0. The van der Waals surface area contributed by atoms with Crippen LogP contribution >= 0.6 is 49.6 Å². The lowest BCUT2D eigenvalue weighted by Gasteiger charge is -2.17. The summed E-state index contributed by atoms with van der Waals surface area (Å²) in [6.07, 6.45) is 3.23. The standard InChI is InChI=1S/C26H38N6O.4ClH/c1-30(2)14-7-15-32-25-18-23(10-11-24(25)29-26(32)27)33-17-6-13-28-22-12-16-31(20-22)19-21-8-4-3-5-9-21;;;;/h3-5,8-11,18,22,28H,6-7,12-17,19-20H2,1-2H3,(H2,27,29);4*1H/t22-;;;;/m1..../s1. The van der Waals surface area contributed by atoms with Crippen LogP contribution in [-0.2, 0) is 13.1 Å². The minimum absolute atomic E-state index is 0. The van der Waals surface area contributed by atoms with Crippen LogP contribution < -0.4 is 15.8 Å². The Morgan fingerprint density at radius 2 is 1.81 bits per heavy atom. The molecule has 1 aliphatic heterocycles. The summed E-state index contributed by atoms with van der Waals surface area (Å²) in [5.74, 6) is 1.45. The van der Waals surface area contributed by atoms with E-state index in [4.69, 9.17) is 10.5 Å². The Bertz CT molecular complexity index is 1020. The molecule has 210 valence electrons. The average molecular weight is 596 g/mol. The number of hydrogen-bond acceptors (Lipinski definition) is 6. The lowest BCUT2D eigenvalue weighted by molar-refractivity contribution is 0.299. The van der Waals surface area contributed by atoms with Crippen LogP contribution in [0.25, 0.3) is 11.0 Å². The Balaban J connectivity index is 0.00000324. The molecule has 1 fully saturated rings. The van der Waals surface area contributed by atoms with Gasteiger partial charge in [0.05, 0.1) is 17.6 Å². The van der Waals surface area contributed by atoms with Gasteiger partial charge < -0.3 is 25.3 Å². The highest BCUT2D eigenvalue weighted by Crippen LogP contribution is 2.24. The van der Waals surface area contributed by atoms with Gasteiger partial charge in [0, 0.05) is 38.3 Å². The van der Waals surface area contributed by atoms with E-state index in [-0.39, 0.29) is 49.6 Å². The second-order valence-electron chi connectivity index (χ2n) is 9.29. The van der Waals surface area contributed by atoms with Gasteiger partial charge in [0.15, 0.2) is 0 Å². The summed E-state index contributed by atoms with van der Waals surface area (Å²) in [7, 11) is 4.17. The van der Waals surface area contributed by atoms with Gasteiger partial charge in [-0.15, -0.1) is 49.6 Å². The SMILES string of the molecule is CN(C)CCCn1c(N)nc2ccc(OCCCN[C@@H]3CCN(Cc4ccccc4)C3)cc21.Cl.Cl.Cl.Cl. The molecule has 11 heteroatoms. The summed E-state index contributed by atoms with van der Waals surface area (Å²) < 4.78 is 8.14. The van der Waals surface area contributed by atoms with E-state index in [1.54, 1.807) is 0 Å². The molecule has 7 nitrogen and oxygen atoms in total. The molecule has 3 aromatic rings. The number of rotatable bonds is 12. The van der Waals surface area contributed by atoms with Gasteiger partial charge in [-0.2, -0.15) is 0 Å². The maximum absolute atomic E-state index is 6.16. The molecule has 1 aliphatic rings. The zero-order valence-electron chi connectivity index (χ0n) is 21.7. The third kappa shape index (κ3) is 10.7. The monoisotopic (exact) mass is 594 g/mol. The third-order valence-corrected chi connectivity index (χ3v) is 6.28. The summed E-state index contributed by atoms with van der Waals surface area (Å²) in [5, 5.41) is 3.70. The molecule has 0 aliphatic carbocycles. The number of halogens is 4. The Morgan fingerprint density at radius 3 is 2.54 bits per heavy atom. The molecule has 3 N–H and O–H groups in total. The van der Waals surface area contributed by atoms with E-state index in [2.05, 4.69) is 75.2 Å². The van der Waals surface area contributed by atoms with Gasteiger partial charge in [-0.3, -0.25) is 4.90 Å². The van der Waals surface area contributed by atoms with E-state index in [1.165, 1.54) is 12.0 Å². The number of nitrogens with one attached hydrogen (secondary N) is 1. The van der Waals surface area contributed by atoms with E-state index in [0.29, 0.717) is 18.6 Å². The van der Waals surface area contributed by atoms with Crippen LogP contribution in [0.1, 0.15) is 24.8 Å². The van der Waals surface area contributed by atoms with Crippen molar-refractivity contribution in [3.63, 3.8) is 0 Å². The quantitative estimate of drug-likeness (QED) is 0.291. The van der Waals surface area contributed by atoms with Crippen molar-refractivity contribution in [3.8, 4) is 5.75 Å². The van der Waals surface area contributed by atoms with Crippen molar-refractivity contribution in [2.75, 3.05) is 52.6 Å². The van der Waals surface area contributed by atoms with Gasteiger partial charge in [-0.1, -0.05) is 30.3 Å². The van der Waals surface area contributed by atoms with E-state index < -0.39 is 0 Å². The minimum atomic E-state index is 0. The third-order valence-electron chi connectivity index (χ3n) is 6.28. The predicted octanol–water partition coefficient (Wildman–Crippen LogP) is 4.89. The van der Waals surface area contributed by atoms with Gasteiger partial charge in [-0.05, 0) is 64.1 Å². The summed E-state index contributed by atoms with van der Waals surface area (Å²) in [5.41, 5.74) is 9.52. The van der Waals surface area contributed by atoms with Crippen molar-refractivity contribution in [1.29, 1.82) is 0 Å². The zero-order valence-corrected chi connectivity index (χ0v) is 24.9. The Hall–Kier alpha value is -1.45. The molecule has 2 aromatic carbocycles. The van der Waals surface area contributed by atoms with Crippen molar-refractivity contribution >= 4 is 66.6 Å². The number of likely N-dealkylation sites (tertiary alicyclic amines) is 1. The van der Waals surface area contributed by atoms with Crippen molar-refractivity contribution in [1.82, 2.24) is 24.7 Å². The second-order valence-corrected chi connectivity index (χ2v) is 9.29. The van der Waals surface area contributed by atoms with Gasteiger partial charge in [0.25, 0.3) is 0 Å². The molecule has 37 heavy (non-hydrogen) atoms. The molecule has 2 heterocycles. The van der Waals surface area contributed by atoms with Crippen LogP contribution in [0.5, 0.6) is 5.75 Å². The highest BCUT2D eigenvalue weighted by molar-refractivity contribution is 5.86. The van der Waals surface area contributed by atoms with Gasteiger partial charge in [-0.25, -0.2) is 4.98 Å². The number of ether oxygens (including phenoxy) is 1. The fourth-order valence-electron chi connectivity index (χ4n) is 4.54. The first kappa shape index (κ1) is 35.5. The molecule has 4 rings (SSSR count). The number of aryl methyl sites for hydroxylation is 1. The zero-order chi connectivity index (χ0) is 23.0. The number of hydrogen-bond donors (Lipinski definition) is 2. The molecule has 1 atom stereocenters. The fraction of sp³-hybridized carbons (Fsp3) is 0.500. The van der Waals surface area contributed by atoms with Crippen LogP contribution in [0.4, 0.5) is 5.95 Å². The maximum atomic E-state index is 6.16. The molecule has 0 radical (unpaired) electrons. The highest BCUT2D eigenvalue weighted by Gasteiger charge is 2.21. The molecule has 1 aromatic heterocycles. The van der Waals surface area contributed by atoms with E-state index in [1.807, 2.05) is 12.1 Å². The van der Waals surface area contributed by atoms with E-state index >= 15 is 0 Å². The number of imidazole rings is 1. The average Bonchev–Trinajstić information content (AvgIpc) is 3.37. The molecule has 0 amide bonds. The number of nitrogens with zero attached hydrogens (tertiary/aromatic N) is 4. The minimum Gasteiger partial charge on any atom is -0.493 e. The smallest absolute Gasteiger partial charge is 0.201 e. The first-order chi connectivity index (χ1) is 16.1. The van der Waals surface area contributed by atoms with Crippen molar-refractivity contribution in [2.24, 2.45) is 0 Å². The first-order valence-corrected chi connectivity index (χ1v) is 12.1. The highest BCUT2D eigenvalue weighted by atomic mass is 35.5. The van der Waals surface area contributed by atoms with Crippen LogP contribution in [0.3, 0.4) is 0 Å². The Kier molecular flexibility index (Phi) is 17.2. The fourth-order valence-corrected chi connectivity index (χ4v) is 4.54. The lowest BCUT2D eigenvalue weighted by Crippen LogP contribution is -2.33. The normalized spacial score (nSPS) is 14.9. The number of anilines is 1. The summed E-state index contributed by atoms with van der Waals surface area (Å²) in [6, 6.07) is 17.4. The Labute approximate surface area is 246 Å². The summed E-state index contributed by atoms with van der Waals surface area (Å²) in [6.45, 7) is 6.87. The van der Waals surface area contributed by atoms with E-state index in [9.17, 15) is 0 Å². The van der Waals surface area contributed by atoms with Gasteiger partial charge in [0.2, 0.25) is 5.95 Å². The molecular formula is C26H42Cl4N6O. The number of fused-ring (bicyclic) bond motifs is 1. The first-order valence-electron chi connectivity index (χ1n) is 12.1. The predicted molar refractivity (Wildman–Crippen MR) is 165 cm³/mol. The van der Waals surface area contributed by atoms with Crippen molar-refractivity contribution < 1.29 is 4.74 Å². The largest absolute Gasteiger partial charge is 0.493 e. The van der Waals surface area contributed by atoms with E-state index in [0.717, 1.165) is 68.9 Å². The molecular weight excluding hydrogens is 554 g/mol. The topological polar surface area (TPSA) is 71.6 Å². The van der Waals surface area contributed by atoms with Crippen molar-refractivity contribution in [3.05, 3.63) is 54.1 Å². The molecule has 1 saturated heterocycles. The number of nitrogens with two attached hydrogens (primary N) is 1. The number of nitrogen functional groups attached to an aromatic ring is 1. The lowest BCUT2D eigenvalue weighted by atomic mass is 10.2. The van der Waals surface area contributed by atoms with Crippen molar-refractivity contribution in [2.45, 2.75) is 38.4 Å². The van der Waals surface area contributed by atoms with Crippen LogP contribution in [-0.4, -0.2) is 72.3 Å². The summed E-state index contributed by atoms with van der Waals surface area (Å²) in [4.78, 5) is 9.21.